The Bertz CT molecular complexity index is 236. The fraction of sp³-hybridized carbons (Fsp3) is 0.625. The van der Waals surface area contributed by atoms with Gasteiger partial charge in [-0.15, -0.1) is 0 Å². The number of halogens is 1. The van der Waals surface area contributed by atoms with Gasteiger partial charge in [-0.3, -0.25) is 0 Å². The van der Waals surface area contributed by atoms with E-state index < -0.39 is 0 Å². The molecular formula is C8H12ClNO. The van der Waals surface area contributed by atoms with Gasteiger partial charge in [-0.05, 0) is 17.0 Å². The quantitative estimate of drug-likeness (QED) is 0.653. The maximum Gasteiger partial charge on any atom is 0.292 e. The molecule has 0 aliphatic carbocycles. The first-order valence-electron chi connectivity index (χ1n) is 3.57. The van der Waals surface area contributed by atoms with Gasteiger partial charge in [0.15, 0.2) is 0 Å². The van der Waals surface area contributed by atoms with Crippen LogP contribution in [0.2, 0.25) is 5.35 Å². The van der Waals surface area contributed by atoms with E-state index in [1.807, 2.05) is 0 Å². The smallest absolute Gasteiger partial charge is 0.292 e. The zero-order valence-electron chi connectivity index (χ0n) is 7.02. The summed E-state index contributed by atoms with van der Waals surface area (Å²) in [4.78, 5) is 3.80. The SMILES string of the molecule is CC(C)(C)Cc1cnc(Cl)o1. The molecule has 1 heterocycles. The predicted octanol–water partition coefficient (Wildman–Crippen LogP) is 2.92. The van der Waals surface area contributed by atoms with Crippen molar-refractivity contribution in [3.63, 3.8) is 0 Å². The lowest BCUT2D eigenvalue weighted by molar-refractivity contribution is 0.363. The summed E-state index contributed by atoms with van der Waals surface area (Å²) in [7, 11) is 0. The van der Waals surface area contributed by atoms with Crippen LogP contribution in [0.1, 0.15) is 26.5 Å². The third kappa shape index (κ3) is 2.93. The van der Waals surface area contributed by atoms with Crippen LogP contribution in [0.5, 0.6) is 0 Å². The summed E-state index contributed by atoms with van der Waals surface area (Å²) in [6.07, 6.45) is 2.54. The zero-order chi connectivity index (χ0) is 8.48. The molecule has 0 saturated heterocycles. The Morgan fingerprint density at radius 3 is 2.55 bits per heavy atom. The minimum atomic E-state index is 0.225. The van der Waals surface area contributed by atoms with Crippen molar-refractivity contribution >= 4 is 11.6 Å². The summed E-state index contributed by atoms with van der Waals surface area (Å²) in [5.41, 5.74) is 0.225. The standard InChI is InChI=1S/C8H12ClNO/c1-8(2,3)4-6-5-10-7(9)11-6/h5H,4H2,1-3H3. The van der Waals surface area contributed by atoms with Gasteiger partial charge in [0, 0.05) is 6.42 Å². The molecule has 0 saturated carbocycles. The highest BCUT2D eigenvalue weighted by Crippen LogP contribution is 2.21. The fourth-order valence-electron chi connectivity index (χ4n) is 0.888. The molecule has 11 heavy (non-hydrogen) atoms. The van der Waals surface area contributed by atoms with Gasteiger partial charge in [-0.25, -0.2) is 4.98 Å². The third-order valence-electron chi connectivity index (χ3n) is 1.23. The van der Waals surface area contributed by atoms with Gasteiger partial charge in [-0.1, -0.05) is 20.8 Å². The molecule has 0 aliphatic heterocycles. The average Bonchev–Trinajstić information content (AvgIpc) is 2.10. The van der Waals surface area contributed by atoms with Crippen molar-refractivity contribution < 1.29 is 4.42 Å². The van der Waals surface area contributed by atoms with E-state index in [0.29, 0.717) is 0 Å². The van der Waals surface area contributed by atoms with Crippen LogP contribution in [0.15, 0.2) is 10.6 Å². The van der Waals surface area contributed by atoms with Gasteiger partial charge >= 0.3 is 0 Å². The molecule has 0 N–H and O–H groups in total. The minimum absolute atomic E-state index is 0.225. The molecule has 2 nitrogen and oxygen atoms in total. The first-order chi connectivity index (χ1) is 4.97. The van der Waals surface area contributed by atoms with E-state index in [1.54, 1.807) is 6.20 Å². The monoisotopic (exact) mass is 173 g/mol. The van der Waals surface area contributed by atoms with Gasteiger partial charge in [-0.2, -0.15) is 0 Å². The van der Waals surface area contributed by atoms with Crippen molar-refractivity contribution in [2.75, 3.05) is 0 Å². The Hall–Kier alpha value is -0.500. The van der Waals surface area contributed by atoms with Crippen LogP contribution in [0.25, 0.3) is 0 Å². The molecule has 62 valence electrons. The Kier molecular flexibility index (Phi) is 2.23. The van der Waals surface area contributed by atoms with E-state index in [2.05, 4.69) is 25.8 Å². The highest BCUT2D eigenvalue weighted by atomic mass is 35.5. The molecule has 1 rings (SSSR count). The second kappa shape index (κ2) is 2.86. The number of rotatable bonds is 1. The molecule has 1 aromatic heterocycles. The molecule has 0 amide bonds. The molecular weight excluding hydrogens is 162 g/mol. The van der Waals surface area contributed by atoms with Crippen LogP contribution in [-0.4, -0.2) is 4.98 Å². The maximum atomic E-state index is 5.51. The van der Waals surface area contributed by atoms with Crippen molar-refractivity contribution in [2.24, 2.45) is 5.41 Å². The largest absolute Gasteiger partial charge is 0.433 e. The van der Waals surface area contributed by atoms with Crippen molar-refractivity contribution in [1.29, 1.82) is 0 Å². The normalized spacial score (nSPS) is 12.0. The summed E-state index contributed by atoms with van der Waals surface area (Å²) in [6, 6.07) is 0. The average molecular weight is 174 g/mol. The van der Waals surface area contributed by atoms with Gasteiger partial charge in [0.05, 0.1) is 6.20 Å². The maximum absolute atomic E-state index is 5.51. The number of oxazole rings is 1. The van der Waals surface area contributed by atoms with Crippen LogP contribution in [0.3, 0.4) is 0 Å². The second-order valence-corrected chi connectivity index (χ2v) is 4.14. The van der Waals surface area contributed by atoms with Gasteiger partial charge < -0.3 is 4.42 Å². The van der Waals surface area contributed by atoms with Crippen LogP contribution in [0, 0.1) is 5.41 Å². The second-order valence-electron chi connectivity index (χ2n) is 3.82. The Labute approximate surface area is 71.6 Å². The summed E-state index contributed by atoms with van der Waals surface area (Å²) < 4.78 is 5.11. The molecule has 1 aromatic rings. The molecule has 0 radical (unpaired) electrons. The molecule has 0 aromatic carbocycles. The predicted molar refractivity (Wildman–Crippen MR) is 44.7 cm³/mol. The van der Waals surface area contributed by atoms with Crippen LogP contribution in [0.4, 0.5) is 0 Å². The van der Waals surface area contributed by atoms with Crippen molar-refractivity contribution in [2.45, 2.75) is 27.2 Å². The van der Waals surface area contributed by atoms with E-state index >= 15 is 0 Å². The van der Waals surface area contributed by atoms with E-state index in [4.69, 9.17) is 16.0 Å². The lowest BCUT2D eigenvalue weighted by Gasteiger charge is -2.14. The van der Waals surface area contributed by atoms with Crippen LogP contribution < -0.4 is 0 Å². The minimum Gasteiger partial charge on any atom is -0.433 e. The summed E-state index contributed by atoms with van der Waals surface area (Å²) in [5, 5.41) is 0.226. The molecule has 0 bridgehead atoms. The Morgan fingerprint density at radius 2 is 2.18 bits per heavy atom. The Morgan fingerprint density at radius 1 is 1.55 bits per heavy atom. The van der Waals surface area contributed by atoms with Gasteiger partial charge in [0.25, 0.3) is 5.35 Å². The zero-order valence-corrected chi connectivity index (χ0v) is 7.77. The van der Waals surface area contributed by atoms with E-state index in [9.17, 15) is 0 Å². The summed E-state index contributed by atoms with van der Waals surface area (Å²) in [5.74, 6) is 0.850. The van der Waals surface area contributed by atoms with Crippen molar-refractivity contribution in [3.05, 3.63) is 17.3 Å². The first-order valence-corrected chi connectivity index (χ1v) is 3.95. The fourth-order valence-corrected chi connectivity index (χ4v) is 1.04. The number of nitrogens with zero attached hydrogens (tertiary/aromatic N) is 1. The molecule has 0 spiro atoms. The van der Waals surface area contributed by atoms with E-state index in [0.717, 1.165) is 12.2 Å². The van der Waals surface area contributed by atoms with Crippen LogP contribution >= 0.6 is 11.6 Å². The highest BCUT2D eigenvalue weighted by Gasteiger charge is 2.14. The molecule has 0 aliphatic rings. The van der Waals surface area contributed by atoms with E-state index in [-0.39, 0.29) is 10.8 Å². The molecule has 0 fully saturated rings. The highest BCUT2D eigenvalue weighted by molar-refractivity contribution is 6.27. The van der Waals surface area contributed by atoms with Gasteiger partial charge in [0.1, 0.15) is 5.76 Å². The molecule has 3 heteroatoms. The first kappa shape index (κ1) is 8.60. The number of hydrogen-bond acceptors (Lipinski definition) is 2. The third-order valence-corrected chi connectivity index (χ3v) is 1.40. The van der Waals surface area contributed by atoms with Crippen molar-refractivity contribution in [1.82, 2.24) is 4.98 Å². The topological polar surface area (TPSA) is 26.0 Å². The number of hydrogen-bond donors (Lipinski definition) is 0. The summed E-state index contributed by atoms with van der Waals surface area (Å²) in [6.45, 7) is 6.43. The lowest BCUT2D eigenvalue weighted by Crippen LogP contribution is -2.08. The molecule has 0 atom stereocenters. The van der Waals surface area contributed by atoms with E-state index in [1.165, 1.54) is 0 Å². The van der Waals surface area contributed by atoms with Crippen molar-refractivity contribution in [3.8, 4) is 0 Å². The lowest BCUT2D eigenvalue weighted by atomic mass is 9.91. The number of aromatic nitrogens is 1. The summed E-state index contributed by atoms with van der Waals surface area (Å²) >= 11 is 5.51. The molecule has 0 unspecified atom stereocenters. The van der Waals surface area contributed by atoms with Crippen LogP contribution in [-0.2, 0) is 6.42 Å². The van der Waals surface area contributed by atoms with Gasteiger partial charge in [0.2, 0.25) is 0 Å². The Balaban J connectivity index is 2.65.